The first-order chi connectivity index (χ1) is 12.4. The summed E-state index contributed by atoms with van der Waals surface area (Å²) >= 11 is 6.90. The van der Waals surface area contributed by atoms with E-state index in [1.165, 1.54) is 11.8 Å². The number of thioether (sulfide) groups is 1. The first kappa shape index (κ1) is 18.8. The molecule has 0 saturated carbocycles. The number of nitrogens with zero attached hydrogens (tertiary/aromatic N) is 2. The molecule has 26 heavy (non-hydrogen) atoms. The maximum Gasteiger partial charge on any atom is 0.219 e. The van der Waals surface area contributed by atoms with Gasteiger partial charge in [0, 0.05) is 61.1 Å². The summed E-state index contributed by atoms with van der Waals surface area (Å²) in [6.07, 6.45) is 0. The number of rotatable bonds is 2. The van der Waals surface area contributed by atoms with Crippen molar-refractivity contribution in [3.05, 3.63) is 46.5 Å². The molecule has 0 spiro atoms. The zero-order chi connectivity index (χ0) is 18.8. The molecule has 3 rings (SSSR count). The van der Waals surface area contributed by atoms with Crippen LogP contribution >= 0.6 is 24.0 Å². The van der Waals surface area contributed by atoms with Crippen LogP contribution in [-0.4, -0.2) is 63.5 Å². The van der Waals surface area contributed by atoms with E-state index < -0.39 is 0 Å². The average Bonchev–Trinajstić information content (AvgIpc) is 2.66. The van der Waals surface area contributed by atoms with E-state index in [9.17, 15) is 14.4 Å². The molecule has 1 aliphatic heterocycles. The Bertz CT molecular complexity index is 824. The van der Waals surface area contributed by atoms with Crippen molar-refractivity contribution >= 4 is 45.8 Å². The topological polar surface area (TPSA) is 57.7 Å². The van der Waals surface area contributed by atoms with Crippen molar-refractivity contribution < 1.29 is 14.4 Å². The number of carbonyl (C=O) groups is 3. The lowest BCUT2D eigenvalue weighted by atomic mass is 9.85. The van der Waals surface area contributed by atoms with Crippen LogP contribution in [0.4, 0.5) is 0 Å². The average molecular weight is 389 g/mol. The lowest BCUT2D eigenvalue weighted by molar-refractivity contribution is -0.130. The third-order valence-electron chi connectivity index (χ3n) is 4.81. The van der Waals surface area contributed by atoms with Crippen LogP contribution in [0.15, 0.2) is 35.4 Å². The van der Waals surface area contributed by atoms with Gasteiger partial charge in [-0.25, -0.2) is 0 Å². The Morgan fingerprint density at radius 2 is 1.58 bits per heavy atom. The van der Waals surface area contributed by atoms with E-state index in [1.807, 2.05) is 0 Å². The van der Waals surface area contributed by atoms with E-state index in [4.69, 9.17) is 12.2 Å². The highest BCUT2D eigenvalue weighted by Crippen LogP contribution is 2.29. The van der Waals surface area contributed by atoms with E-state index in [-0.39, 0.29) is 17.5 Å². The molecule has 1 fully saturated rings. The maximum absolute atomic E-state index is 12.8. The summed E-state index contributed by atoms with van der Waals surface area (Å²) in [5, 5.41) is 0. The van der Waals surface area contributed by atoms with Crippen LogP contribution in [0.1, 0.15) is 34.6 Å². The second-order valence-electron chi connectivity index (χ2n) is 6.36. The van der Waals surface area contributed by atoms with E-state index in [0.29, 0.717) is 58.5 Å². The molecule has 1 amide bonds. The fourth-order valence-corrected chi connectivity index (χ4v) is 4.49. The van der Waals surface area contributed by atoms with Crippen molar-refractivity contribution in [2.45, 2.75) is 13.8 Å². The monoisotopic (exact) mass is 388 g/mol. The van der Waals surface area contributed by atoms with Crippen LogP contribution in [0.25, 0.3) is 0 Å². The molecule has 0 aromatic heterocycles. The lowest BCUT2D eigenvalue weighted by Crippen LogP contribution is -2.49. The molecule has 1 aromatic rings. The Hall–Kier alpha value is -1.99. The number of hydrogen-bond donors (Lipinski definition) is 0. The highest BCUT2D eigenvalue weighted by molar-refractivity contribution is 8.23. The number of Topliss-reactive ketones (excluding diaryl/α,β-unsaturated/α-hetero) is 2. The fraction of sp³-hybridized carbons (Fsp3) is 0.368. The Balaban J connectivity index is 1.65. The summed E-state index contributed by atoms with van der Waals surface area (Å²) in [6, 6.07) is 6.94. The molecule has 0 unspecified atom stereocenters. The van der Waals surface area contributed by atoms with Crippen molar-refractivity contribution in [1.82, 2.24) is 9.80 Å². The van der Waals surface area contributed by atoms with E-state index in [0.717, 1.165) is 0 Å². The summed E-state index contributed by atoms with van der Waals surface area (Å²) in [7, 11) is 0. The van der Waals surface area contributed by atoms with Crippen LogP contribution < -0.4 is 0 Å². The van der Waals surface area contributed by atoms with Gasteiger partial charge in [-0.3, -0.25) is 14.4 Å². The minimum atomic E-state index is -0.0885. The van der Waals surface area contributed by atoms with Gasteiger partial charge in [-0.05, 0) is 6.92 Å². The molecule has 0 N–H and O–H groups in total. The number of thiocarbonyl (C=S) groups is 1. The van der Waals surface area contributed by atoms with Gasteiger partial charge in [-0.1, -0.05) is 48.2 Å². The largest absolute Gasteiger partial charge is 0.354 e. The molecule has 1 aromatic carbocycles. The fourth-order valence-electron chi connectivity index (χ4n) is 3.15. The van der Waals surface area contributed by atoms with Gasteiger partial charge in [-0.15, -0.1) is 0 Å². The number of benzene rings is 1. The van der Waals surface area contributed by atoms with Gasteiger partial charge in [0.15, 0.2) is 11.6 Å². The zero-order valence-corrected chi connectivity index (χ0v) is 16.4. The molecule has 5 nitrogen and oxygen atoms in total. The Morgan fingerprint density at radius 1 is 1.04 bits per heavy atom. The third-order valence-corrected chi connectivity index (χ3v) is 6.36. The molecule has 1 saturated heterocycles. The number of carbonyl (C=O) groups excluding carboxylic acids is 3. The van der Waals surface area contributed by atoms with Crippen molar-refractivity contribution in [3.63, 3.8) is 0 Å². The number of amides is 1. The summed E-state index contributed by atoms with van der Waals surface area (Å²) in [5.41, 5.74) is 1.99. The summed E-state index contributed by atoms with van der Waals surface area (Å²) in [5.74, 6) is 0.288. The van der Waals surface area contributed by atoms with Crippen molar-refractivity contribution in [2.75, 3.05) is 31.9 Å². The molecule has 1 aliphatic carbocycles. The Morgan fingerprint density at radius 3 is 2.15 bits per heavy atom. The van der Waals surface area contributed by atoms with Crippen LogP contribution in [0.3, 0.4) is 0 Å². The molecule has 1 heterocycles. The zero-order valence-electron chi connectivity index (χ0n) is 14.8. The number of hydrogen-bond acceptors (Lipinski definition) is 5. The summed E-state index contributed by atoms with van der Waals surface area (Å²) in [4.78, 5) is 40.5. The van der Waals surface area contributed by atoms with Gasteiger partial charge < -0.3 is 9.80 Å². The second-order valence-corrected chi connectivity index (χ2v) is 7.96. The summed E-state index contributed by atoms with van der Waals surface area (Å²) in [6.45, 7) is 5.98. The normalized spacial score (nSPS) is 17.5. The third kappa shape index (κ3) is 3.59. The van der Waals surface area contributed by atoms with Crippen molar-refractivity contribution in [3.8, 4) is 0 Å². The molecule has 7 heteroatoms. The molecular weight excluding hydrogens is 368 g/mol. The minimum Gasteiger partial charge on any atom is -0.354 e. The second kappa shape index (κ2) is 7.72. The van der Waals surface area contributed by atoms with Crippen molar-refractivity contribution in [1.29, 1.82) is 0 Å². The van der Waals surface area contributed by atoms with Crippen LogP contribution in [-0.2, 0) is 4.79 Å². The van der Waals surface area contributed by atoms with Crippen LogP contribution in [0.5, 0.6) is 0 Å². The highest BCUT2D eigenvalue weighted by Gasteiger charge is 2.30. The molecule has 0 bridgehead atoms. The van der Waals surface area contributed by atoms with Gasteiger partial charge in [0.2, 0.25) is 5.91 Å². The minimum absolute atomic E-state index is 0.0778. The van der Waals surface area contributed by atoms with Gasteiger partial charge in [0.1, 0.15) is 4.32 Å². The molecule has 0 radical (unpaired) electrons. The standard InChI is InChI=1S/C19H20N2O3S2/c1-12-16(18(24)15-6-4-3-5-14(15)17(12)23)11-26-19(25)21-9-7-20(8-10-21)13(2)22/h3-6H,7-11H2,1-2H3. The van der Waals surface area contributed by atoms with E-state index in [2.05, 4.69) is 4.90 Å². The van der Waals surface area contributed by atoms with Gasteiger partial charge in [-0.2, -0.15) is 0 Å². The lowest BCUT2D eigenvalue weighted by Gasteiger charge is -2.35. The Labute approximate surface area is 162 Å². The molecule has 2 aliphatic rings. The van der Waals surface area contributed by atoms with Crippen LogP contribution in [0, 0.1) is 0 Å². The maximum atomic E-state index is 12.8. The number of allylic oxidation sites excluding steroid dienone is 1. The molecular formula is C19H20N2O3S2. The SMILES string of the molecule is CC(=O)N1CCN(C(=S)SCC2=C(C)C(=O)c3ccccc3C2=O)CC1. The Kier molecular flexibility index (Phi) is 5.58. The van der Waals surface area contributed by atoms with Crippen molar-refractivity contribution in [2.24, 2.45) is 0 Å². The predicted octanol–water partition coefficient (Wildman–Crippen LogP) is 2.56. The quantitative estimate of drug-likeness (QED) is 0.726. The number of fused-ring (bicyclic) bond motifs is 1. The predicted molar refractivity (Wildman–Crippen MR) is 107 cm³/mol. The summed E-state index contributed by atoms with van der Waals surface area (Å²) < 4.78 is 0.701. The van der Waals surface area contributed by atoms with E-state index in [1.54, 1.807) is 43.0 Å². The molecule has 136 valence electrons. The van der Waals surface area contributed by atoms with E-state index >= 15 is 0 Å². The van der Waals surface area contributed by atoms with Gasteiger partial charge in [0.05, 0.1) is 0 Å². The number of ketones is 2. The first-order valence-corrected chi connectivity index (χ1v) is 9.85. The number of piperazine rings is 1. The van der Waals surface area contributed by atoms with Gasteiger partial charge >= 0.3 is 0 Å². The smallest absolute Gasteiger partial charge is 0.219 e. The van der Waals surface area contributed by atoms with Gasteiger partial charge in [0.25, 0.3) is 0 Å². The molecule has 0 atom stereocenters. The highest BCUT2D eigenvalue weighted by atomic mass is 32.2. The van der Waals surface area contributed by atoms with Crippen LogP contribution in [0.2, 0.25) is 0 Å². The first-order valence-electron chi connectivity index (χ1n) is 8.45.